The lowest BCUT2D eigenvalue weighted by Crippen LogP contribution is -2.02. The van der Waals surface area contributed by atoms with Gasteiger partial charge in [-0.25, -0.2) is 14.6 Å². The molecule has 0 saturated carbocycles. The lowest BCUT2D eigenvalue weighted by Gasteiger charge is -2.04. The number of halogens is 1. The van der Waals surface area contributed by atoms with Crippen molar-refractivity contribution in [3.8, 4) is 0 Å². The Balaban J connectivity index is 2.72. The number of carboxylic acids is 2. The summed E-state index contributed by atoms with van der Waals surface area (Å²) in [4.78, 5) is 25.5. The van der Waals surface area contributed by atoms with E-state index in [0.717, 1.165) is 0 Å². The van der Waals surface area contributed by atoms with Crippen molar-refractivity contribution in [2.75, 3.05) is 0 Å². The van der Waals surface area contributed by atoms with Crippen molar-refractivity contribution in [1.29, 1.82) is 0 Å². The molecule has 0 aliphatic heterocycles. The minimum atomic E-state index is -1.12. The second-order valence-corrected chi connectivity index (χ2v) is 4.09. The summed E-state index contributed by atoms with van der Waals surface area (Å²) in [6.45, 7) is 0. The molecule has 2 aromatic rings. The second-order valence-electron chi connectivity index (χ2n) is 3.30. The first kappa shape index (κ1) is 11.5. The van der Waals surface area contributed by atoms with Crippen LogP contribution in [-0.2, 0) is 0 Å². The lowest BCUT2D eigenvalue weighted by atomic mass is 10.1. The van der Waals surface area contributed by atoms with Gasteiger partial charge in [0.25, 0.3) is 0 Å². The highest BCUT2D eigenvalue weighted by atomic mass is 79.9. The van der Waals surface area contributed by atoms with Gasteiger partial charge in [-0.05, 0) is 40.2 Å². The summed E-state index contributed by atoms with van der Waals surface area (Å²) in [5, 5.41) is 18.3. The molecular formula is C11H6BrNO4. The Labute approximate surface area is 104 Å². The molecule has 0 saturated heterocycles. The molecule has 0 bridgehead atoms. The molecule has 1 heterocycles. The van der Waals surface area contributed by atoms with Crippen LogP contribution in [0.3, 0.4) is 0 Å². The van der Waals surface area contributed by atoms with E-state index in [9.17, 15) is 9.59 Å². The number of benzene rings is 1. The second kappa shape index (κ2) is 4.14. The van der Waals surface area contributed by atoms with Crippen LogP contribution in [0, 0.1) is 0 Å². The summed E-state index contributed by atoms with van der Waals surface area (Å²) in [6, 6.07) is 5.73. The smallest absolute Gasteiger partial charge is 0.354 e. The maximum atomic E-state index is 10.9. The number of aromatic nitrogens is 1. The Morgan fingerprint density at radius 3 is 2.35 bits per heavy atom. The quantitative estimate of drug-likeness (QED) is 0.888. The Bertz CT molecular complexity index is 639. The summed E-state index contributed by atoms with van der Waals surface area (Å²) in [6.07, 6.45) is 0. The summed E-state index contributed by atoms with van der Waals surface area (Å²) in [5.74, 6) is -2.17. The van der Waals surface area contributed by atoms with Crippen molar-refractivity contribution >= 4 is 38.8 Å². The van der Waals surface area contributed by atoms with Crippen LogP contribution in [0.15, 0.2) is 28.7 Å². The van der Waals surface area contributed by atoms with Gasteiger partial charge in [0.2, 0.25) is 0 Å². The zero-order valence-corrected chi connectivity index (χ0v) is 9.93. The molecule has 0 radical (unpaired) electrons. The van der Waals surface area contributed by atoms with E-state index in [-0.39, 0.29) is 11.3 Å². The van der Waals surface area contributed by atoms with Gasteiger partial charge in [0.1, 0.15) is 5.69 Å². The SMILES string of the molecule is O=C(O)c1ccc2c(Br)c(C(=O)O)ccc2n1. The van der Waals surface area contributed by atoms with E-state index in [1.165, 1.54) is 24.3 Å². The molecule has 1 aromatic carbocycles. The molecule has 0 spiro atoms. The van der Waals surface area contributed by atoms with Gasteiger partial charge in [0.15, 0.2) is 0 Å². The maximum absolute atomic E-state index is 10.9. The highest BCUT2D eigenvalue weighted by Crippen LogP contribution is 2.27. The predicted octanol–water partition coefficient (Wildman–Crippen LogP) is 2.39. The number of aromatic carboxylic acids is 2. The molecule has 2 N–H and O–H groups in total. The number of rotatable bonds is 2. The predicted molar refractivity (Wildman–Crippen MR) is 63.4 cm³/mol. The van der Waals surface area contributed by atoms with Gasteiger partial charge in [-0.15, -0.1) is 0 Å². The van der Waals surface area contributed by atoms with Crippen molar-refractivity contribution in [1.82, 2.24) is 4.98 Å². The number of fused-ring (bicyclic) bond motifs is 1. The van der Waals surface area contributed by atoms with Crippen LogP contribution in [0.25, 0.3) is 10.9 Å². The molecule has 2 rings (SSSR count). The fraction of sp³-hybridized carbons (Fsp3) is 0. The van der Waals surface area contributed by atoms with E-state index in [4.69, 9.17) is 10.2 Å². The van der Waals surface area contributed by atoms with Gasteiger partial charge < -0.3 is 10.2 Å². The Morgan fingerprint density at radius 1 is 1.06 bits per heavy atom. The molecule has 6 heteroatoms. The number of carbonyl (C=O) groups is 2. The van der Waals surface area contributed by atoms with Gasteiger partial charge in [-0.2, -0.15) is 0 Å². The fourth-order valence-corrected chi connectivity index (χ4v) is 2.09. The molecule has 1 aromatic heterocycles. The van der Waals surface area contributed by atoms with Gasteiger partial charge in [-0.1, -0.05) is 0 Å². The molecule has 0 aliphatic carbocycles. The molecule has 17 heavy (non-hydrogen) atoms. The maximum Gasteiger partial charge on any atom is 0.354 e. The highest BCUT2D eigenvalue weighted by Gasteiger charge is 2.13. The summed E-state index contributed by atoms with van der Waals surface area (Å²) < 4.78 is 0.395. The number of pyridine rings is 1. The van der Waals surface area contributed by atoms with Crippen LogP contribution in [0.1, 0.15) is 20.8 Å². The third-order valence-electron chi connectivity index (χ3n) is 2.26. The van der Waals surface area contributed by atoms with E-state index in [0.29, 0.717) is 15.4 Å². The number of carboxylic acid groups (broad SMARTS) is 2. The topological polar surface area (TPSA) is 87.5 Å². The zero-order chi connectivity index (χ0) is 12.6. The van der Waals surface area contributed by atoms with Crippen molar-refractivity contribution in [2.45, 2.75) is 0 Å². The summed E-state index contributed by atoms with van der Waals surface area (Å²) >= 11 is 3.18. The average Bonchev–Trinajstić information content (AvgIpc) is 2.28. The average molecular weight is 296 g/mol. The summed E-state index contributed by atoms with van der Waals surface area (Å²) in [5.41, 5.74) is 0.469. The van der Waals surface area contributed by atoms with Crippen LogP contribution >= 0.6 is 15.9 Å². The molecule has 86 valence electrons. The number of nitrogens with zero attached hydrogens (tertiary/aromatic N) is 1. The Hall–Kier alpha value is -1.95. The van der Waals surface area contributed by atoms with Crippen molar-refractivity contribution < 1.29 is 19.8 Å². The van der Waals surface area contributed by atoms with Crippen LogP contribution in [0.5, 0.6) is 0 Å². The normalized spacial score (nSPS) is 10.4. The minimum absolute atomic E-state index is 0.0764. The largest absolute Gasteiger partial charge is 0.478 e. The van der Waals surface area contributed by atoms with E-state index >= 15 is 0 Å². The van der Waals surface area contributed by atoms with Gasteiger partial charge >= 0.3 is 11.9 Å². The minimum Gasteiger partial charge on any atom is -0.478 e. The Kier molecular flexibility index (Phi) is 2.81. The van der Waals surface area contributed by atoms with Crippen LogP contribution in [-0.4, -0.2) is 27.1 Å². The van der Waals surface area contributed by atoms with E-state index in [2.05, 4.69) is 20.9 Å². The Morgan fingerprint density at radius 2 is 1.76 bits per heavy atom. The third-order valence-corrected chi connectivity index (χ3v) is 3.11. The molecule has 0 atom stereocenters. The van der Waals surface area contributed by atoms with Crippen molar-refractivity contribution in [3.05, 3.63) is 40.0 Å². The first-order chi connectivity index (χ1) is 8.00. The number of hydrogen-bond acceptors (Lipinski definition) is 3. The van der Waals surface area contributed by atoms with Crippen LogP contribution in [0.2, 0.25) is 0 Å². The molecule has 0 aliphatic rings. The zero-order valence-electron chi connectivity index (χ0n) is 8.35. The molecule has 0 unspecified atom stereocenters. The van der Waals surface area contributed by atoms with E-state index in [1.807, 2.05) is 0 Å². The monoisotopic (exact) mass is 295 g/mol. The van der Waals surface area contributed by atoms with Crippen LogP contribution < -0.4 is 0 Å². The van der Waals surface area contributed by atoms with Gasteiger partial charge in [0.05, 0.1) is 11.1 Å². The summed E-state index contributed by atoms with van der Waals surface area (Å²) in [7, 11) is 0. The highest BCUT2D eigenvalue weighted by molar-refractivity contribution is 9.10. The molecule has 0 fully saturated rings. The van der Waals surface area contributed by atoms with E-state index < -0.39 is 11.9 Å². The molecular weight excluding hydrogens is 290 g/mol. The molecule has 5 nitrogen and oxygen atoms in total. The van der Waals surface area contributed by atoms with Crippen LogP contribution in [0.4, 0.5) is 0 Å². The first-order valence-electron chi connectivity index (χ1n) is 4.56. The van der Waals surface area contributed by atoms with Crippen molar-refractivity contribution in [3.63, 3.8) is 0 Å². The number of hydrogen-bond donors (Lipinski definition) is 2. The standard InChI is InChI=1S/C11H6BrNO4/c12-9-5-1-4-8(11(16)17)13-7(5)3-2-6(9)10(14)15/h1-4H,(H,14,15)(H,16,17). The molecule has 0 amide bonds. The van der Waals surface area contributed by atoms with Crippen molar-refractivity contribution in [2.24, 2.45) is 0 Å². The van der Waals surface area contributed by atoms with Gasteiger partial charge in [0, 0.05) is 9.86 Å². The first-order valence-corrected chi connectivity index (χ1v) is 5.36. The van der Waals surface area contributed by atoms with E-state index in [1.54, 1.807) is 0 Å². The lowest BCUT2D eigenvalue weighted by molar-refractivity contribution is 0.0682. The van der Waals surface area contributed by atoms with Gasteiger partial charge in [-0.3, -0.25) is 0 Å². The fourth-order valence-electron chi connectivity index (χ4n) is 1.45. The third kappa shape index (κ3) is 1.99.